The Kier molecular flexibility index (Phi) is 5.47. The van der Waals surface area contributed by atoms with Gasteiger partial charge in [-0.05, 0) is 0 Å². The molecule has 0 bridgehead atoms. The zero-order valence-electron chi connectivity index (χ0n) is 12.0. The van der Waals surface area contributed by atoms with Crippen LogP contribution in [-0.4, -0.2) is 27.2 Å². The maximum atomic E-state index is 6.08. The summed E-state index contributed by atoms with van der Waals surface area (Å²) in [4.78, 5) is 0. The minimum absolute atomic E-state index is 0.258. The molecule has 21 heavy (non-hydrogen) atoms. The average Bonchev–Trinajstić information content (AvgIpc) is 3.00. The third-order valence-electron chi connectivity index (χ3n) is 3.59. The first-order chi connectivity index (χ1) is 10.4. The number of hydrogen-bond acceptors (Lipinski definition) is 2. The molecule has 110 valence electrons. The van der Waals surface area contributed by atoms with E-state index >= 15 is 0 Å². The number of ether oxygens (including phenoxy) is 2. The van der Waals surface area contributed by atoms with E-state index in [4.69, 9.17) is 9.47 Å². The molecule has 2 aromatic rings. The third kappa shape index (κ3) is 4.42. The van der Waals surface area contributed by atoms with E-state index in [1.807, 2.05) is 12.1 Å². The molecular formula is C18H20O2Se. The van der Waals surface area contributed by atoms with Crippen LogP contribution in [0.15, 0.2) is 60.7 Å². The van der Waals surface area contributed by atoms with E-state index in [9.17, 15) is 0 Å². The summed E-state index contributed by atoms with van der Waals surface area (Å²) in [5.74, 6) is 0. The molecule has 0 amide bonds. The molecule has 2 nitrogen and oxygen atoms in total. The van der Waals surface area contributed by atoms with Crippen LogP contribution in [0.5, 0.6) is 0 Å². The molecule has 2 aromatic carbocycles. The second kappa shape index (κ2) is 7.76. The zero-order valence-corrected chi connectivity index (χ0v) is 13.7. The molecule has 0 spiro atoms. The number of hydrogen-bond donors (Lipinski definition) is 0. The Morgan fingerprint density at radius 3 is 1.57 bits per heavy atom. The molecule has 0 radical (unpaired) electrons. The summed E-state index contributed by atoms with van der Waals surface area (Å²) in [6.45, 7) is 1.37. The summed E-state index contributed by atoms with van der Waals surface area (Å²) in [7, 11) is 0. The summed E-state index contributed by atoms with van der Waals surface area (Å²) < 4.78 is 12.2. The van der Waals surface area contributed by atoms with Gasteiger partial charge in [-0.1, -0.05) is 0 Å². The van der Waals surface area contributed by atoms with Gasteiger partial charge in [-0.25, -0.2) is 0 Å². The number of benzene rings is 2. The SMILES string of the molecule is c1ccc(CO[C@H]2C[Se]C[C@@H]2OCc2ccccc2)cc1. The van der Waals surface area contributed by atoms with Crippen molar-refractivity contribution in [2.24, 2.45) is 0 Å². The molecule has 1 aliphatic heterocycles. The van der Waals surface area contributed by atoms with Crippen molar-refractivity contribution in [1.29, 1.82) is 0 Å². The monoisotopic (exact) mass is 348 g/mol. The standard InChI is InChI=1S/C18H20O2Se/c1-3-7-15(8-4-1)11-19-17-13-21-14-18(17)20-12-16-9-5-2-6-10-16/h1-10,17-18H,11-14H2/t17-,18-/m0/s1. The fourth-order valence-corrected chi connectivity index (χ4v) is 4.95. The molecule has 1 saturated heterocycles. The Balaban J connectivity index is 1.49. The van der Waals surface area contributed by atoms with Gasteiger partial charge in [-0.2, -0.15) is 0 Å². The molecule has 1 aliphatic rings. The first-order valence-electron chi connectivity index (χ1n) is 7.30. The second-order valence-electron chi connectivity index (χ2n) is 5.21. The van der Waals surface area contributed by atoms with Crippen molar-refractivity contribution < 1.29 is 9.47 Å². The van der Waals surface area contributed by atoms with Gasteiger partial charge < -0.3 is 0 Å². The van der Waals surface area contributed by atoms with Crippen molar-refractivity contribution >= 4 is 15.0 Å². The normalized spacial score (nSPS) is 21.5. The van der Waals surface area contributed by atoms with E-state index in [0.29, 0.717) is 28.2 Å². The van der Waals surface area contributed by atoms with Crippen LogP contribution in [0.3, 0.4) is 0 Å². The van der Waals surface area contributed by atoms with Crippen molar-refractivity contribution in [2.45, 2.75) is 36.1 Å². The van der Waals surface area contributed by atoms with Crippen molar-refractivity contribution in [1.82, 2.24) is 0 Å². The molecule has 0 saturated carbocycles. The van der Waals surface area contributed by atoms with Gasteiger partial charge in [0.05, 0.1) is 0 Å². The van der Waals surface area contributed by atoms with E-state index in [2.05, 4.69) is 48.5 Å². The van der Waals surface area contributed by atoms with Crippen LogP contribution in [0.25, 0.3) is 0 Å². The summed E-state index contributed by atoms with van der Waals surface area (Å²) >= 11 is 0.655. The van der Waals surface area contributed by atoms with Gasteiger partial charge in [0.2, 0.25) is 0 Å². The minimum atomic E-state index is 0.258. The average molecular weight is 347 g/mol. The van der Waals surface area contributed by atoms with Gasteiger partial charge in [0.15, 0.2) is 0 Å². The Morgan fingerprint density at radius 1 is 0.714 bits per heavy atom. The first-order valence-corrected chi connectivity index (χ1v) is 9.73. The van der Waals surface area contributed by atoms with Crippen LogP contribution >= 0.6 is 0 Å². The van der Waals surface area contributed by atoms with Crippen LogP contribution in [0.1, 0.15) is 11.1 Å². The zero-order chi connectivity index (χ0) is 14.3. The van der Waals surface area contributed by atoms with Crippen LogP contribution < -0.4 is 0 Å². The summed E-state index contributed by atoms with van der Waals surface area (Å²) in [5, 5.41) is 2.33. The van der Waals surface area contributed by atoms with Crippen LogP contribution in [-0.2, 0) is 22.7 Å². The Labute approximate surface area is 132 Å². The van der Waals surface area contributed by atoms with Crippen LogP contribution in [0.2, 0.25) is 10.6 Å². The van der Waals surface area contributed by atoms with E-state index in [-0.39, 0.29) is 12.2 Å². The molecule has 0 aromatic heterocycles. The van der Waals surface area contributed by atoms with Crippen LogP contribution in [0, 0.1) is 0 Å². The fourth-order valence-electron chi connectivity index (χ4n) is 2.38. The van der Waals surface area contributed by atoms with Gasteiger partial charge in [-0.3, -0.25) is 0 Å². The molecule has 1 heterocycles. The topological polar surface area (TPSA) is 18.5 Å². The predicted octanol–water partition coefficient (Wildman–Crippen LogP) is 3.71. The van der Waals surface area contributed by atoms with Crippen molar-refractivity contribution in [3.8, 4) is 0 Å². The van der Waals surface area contributed by atoms with Crippen molar-refractivity contribution in [2.75, 3.05) is 0 Å². The van der Waals surface area contributed by atoms with Crippen LogP contribution in [0.4, 0.5) is 0 Å². The van der Waals surface area contributed by atoms with Gasteiger partial charge in [-0.15, -0.1) is 0 Å². The van der Waals surface area contributed by atoms with E-state index in [1.165, 1.54) is 21.8 Å². The van der Waals surface area contributed by atoms with Crippen molar-refractivity contribution in [3.63, 3.8) is 0 Å². The molecule has 1 fully saturated rings. The molecule has 2 atom stereocenters. The molecule has 3 heteroatoms. The second-order valence-corrected chi connectivity index (χ2v) is 7.46. The molecule has 3 rings (SSSR count). The Morgan fingerprint density at radius 2 is 1.14 bits per heavy atom. The van der Waals surface area contributed by atoms with Crippen molar-refractivity contribution in [3.05, 3.63) is 71.8 Å². The Bertz CT molecular complexity index is 480. The van der Waals surface area contributed by atoms with E-state index in [0.717, 1.165) is 0 Å². The summed E-state index contributed by atoms with van der Waals surface area (Å²) in [5.41, 5.74) is 2.47. The predicted molar refractivity (Wildman–Crippen MR) is 85.4 cm³/mol. The third-order valence-corrected chi connectivity index (χ3v) is 5.96. The fraction of sp³-hybridized carbons (Fsp3) is 0.333. The molecule has 0 aliphatic carbocycles. The molecule has 0 unspecified atom stereocenters. The van der Waals surface area contributed by atoms with E-state index in [1.54, 1.807) is 0 Å². The summed E-state index contributed by atoms with van der Waals surface area (Å²) in [6, 6.07) is 20.7. The van der Waals surface area contributed by atoms with E-state index < -0.39 is 0 Å². The van der Waals surface area contributed by atoms with Gasteiger partial charge in [0.25, 0.3) is 0 Å². The number of rotatable bonds is 6. The quantitative estimate of drug-likeness (QED) is 0.742. The summed E-state index contributed by atoms with van der Waals surface area (Å²) in [6.07, 6.45) is 0.517. The van der Waals surface area contributed by atoms with Gasteiger partial charge >= 0.3 is 132 Å². The Hall–Kier alpha value is -1.12. The maximum absolute atomic E-state index is 6.08. The first kappa shape index (κ1) is 14.8. The van der Waals surface area contributed by atoms with Gasteiger partial charge in [0.1, 0.15) is 0 Å². The molecular weight excluding hydrogens is 327 g/mol. The molecule has 0 N–H and O–H groups in total. The van der Waals surface area contributed by atoms with Gasteiger partial charge in [0, 0.05) is 0 Å².